The minimum absolute atomic E-state index is 0.197. The van der Waals surface area contributed by atoms with Gasteiger partial charge < -0.3 is 37.2 Å². The van der Waals surface area contributed by atoms with E-state index in [1.807, 2.05) is 0 Å². The van der Waals surface area contributed by atoms with E-state index in [2.05, 4.69) is 21.3 Å². The van der Waals surface area contributed by atoms with Crippen LogP contribution in [0.15, 0.2) is 0 Å². The molecule has 1 aliphatic heterocycles. The quantitative estimate of drug-likeness (QED) is 0.184. The van der Waals surface area contributed by atoms with E-state index in [1.165, 1.54) is 13.8 Å². The number of carboxylic acids is 1. The Kier molecular flexibility index (Phi) is 9.48. The molecule has 164 valence electrons. The molecule has 0 spiro atoms. The minimum Gasteiger partial charge on any atom is -0.480 e. The zero-order valence-electron chi connectivity index (χ0n) is 16.4. The normalized spacial score (nSPS) is 20.0. The molecule has 5 atom stereocenters. The number of aliphatic carboxylic acids is 1. The Morgan fingerprint density at radius 1 is 1.10 bits per heavy atom. The predicted molar refractivity (Wildman–Crippen MR) is 100 cm³/mol. The van der Waals surface area contributed by atoms with E-state index in [1.54, 1.807) is 0 Å². The lowest BCUT2D eigenvalue weighted by atomic mass is 10.1. The Bertz CT molecular complexity index is 634. The molecule has 1 heterocycles. The van der Waals surface area contributed by atoms with Crippen LogP contribution in [0.1, 0.15) is 39.5 Å². The first-order valence-corrected chi connectivity index (χ1v) is 9.36. The van der Waals surface area contributed by atoms with Crippen LogP contribution < -0.4 is 27.0 Å². The summed E-state index contributed by atoms with van der Waals surface area (Å²) < 4.78 is 0. The Hall–Kier alpha value is -2.73. The summed E-state index contributed by atoms with van der Waals surface area (Å²) >= 11 is 0. The number of aliphatic hydroxyl groups excluding tert-OH is 1. The molecule has 5 unspecified atom stereocenters. The highest BCUT2D eigenvalue weighted by Gasteiger charge is 2.32. The van der Waals surface area contributed by atoms with E-state index in [9.17, 15) is 29.1 Å². The van der Waals surface area contributed by atoms with Crippen molar-refractivity contribution in [1.29, 1.82) is 0 Å². The number of amides is 4. The van der Waals surface area contributed by atoms with Gasteiger partial charge in [-0.15, -0.1) is 0 Å². The van der Waals surface area contributed by atoms with Crippen LogP contribution in [-0.2, 0) is 24.0 Å². The monoisotopic (exact) mass is 415 g/mol. The molecule has 0 radical (unpaired) electrons. The van der Waals surface area contributed by atoms with Gasteiger partial charge in [-0.3, -0.25) is 19.2 Å². The van der Waals surface area contributed by atoms with Crippen molar-refractivity contribution in [2.24, 2.45) is 5.73 Å². The lowest BCUT2D eigenvalue weighted by molar-refractivity contribution is -0.142. The molecule has 0 aromatic rings. The molecule has 1 saturated heterocycles. The van der Waals surface area contributed by atoms with Crippen LogP contribution in [0.25, 0.3) is 0 Å². The summed E-state index contributed by atoms with van der Waals surface area (Å²) in [4.78, 5) is 58.8. The van der Waals surface area contributed by atoms with E-state index in [0.717, 1.165) is 6.42 Å². The standard InChI is InChI=1S/C17H29N5O7/c1-8(14(25)21-11(17(28)29)5-6-12(18)24)20-16(27)13(9(2)23)22-15(26)10-4-3-7-19-10/h8-11,13,19,23H,3-7H2,1-2H3,(H2,18,24)(H,20,27)(H,21,25)(H,22,26)(H,28,29). The largest absolute Gasteiger partial charge is 0.480 e. The maximum atomic E-state index is 12.4. The summed E-state index contributed by atoms with van der Waals surface area (Å²) in [5, 5.41) is 28.9. The zero-order valence-corrected chi connectivity index (χ0v) is 16.4. The van der Waals surface area contributed by atoms with E-state index in [0.29, 0.717) is 13.0 Å². The third-order valence-corrected chi connectivity index (χ3v) is 4.49. The van der Waals surface area contributed by atoms with Crippen molar-refractivity contribution in [3.63, 3.8) is 0 Å². The minimum atomic E-state index is -1.35. The van der Waals surface area contributed by atoms with Crippen molar-refractivity contribution in [3.05, 3.63) is 0 Å². The number of carbonyl (C=O) groups is 5. The zero-order chi connectivity index (χ0) is 22.1. The molecule has 4 amide bonds. The van der Waals surface area contributed by atoms with Gasteiger partial charge in [-0.05, 0) is 39.7 Å². The molecule has 0 aliphatic carbocycles. The van der Waals surface area contributed by atoms with Crippen LogP contribution in [0, 0.1) is 0 Å². The highest BCUT2D eigenvalue weighted by atomic mass is 16.4. The average molecular weight is 415 g/mol. The fraction of sp³-hybridized carbons (Fsp3) is 0.706. The van der Waals surface area contributed by atoms with Gasteiger partial charge in [0.1, 0.15) is 18.1 Å². The van der Waals surface area contributed by atoms with Gasteiger partial charge in [-0.1, -0.05) is 0 Å². The molecular weight excluding hydrogens is 386 g/mol. The number of aliphatic hydroxyl groups is 1. The fourth-order valence-electron chi connectivity index (χ4n) is 2.78. The Balaban J connectivity index is 2.65. The molecule has 0 saturated carbocycles. The van der Waals surface area contributed by atoms with Crippen molar-refractivity contribution in [1.82, 2.24) is 21.3 Å². The van der Waals surface area contributed by atoms with Gasteiger partial charge in [-0.25, -0.2) is 4.79 Å². The SMILES string of the molecule is CC(NC(=O)C(NC(=O)C1CCCN1)C(C)O)C(=O)NC(CCC(N)=O)C(=O)O. The van der Waals surface area contributed by atoms with E-state index >= 15 is 0 Å². The third-order valence-electron chi connectivity index (χ3n) is 4.49. The predicted octanol–water partition coefficient (Wildman–Crippen LogP) is -3.06. The van der Waals surface area contributed by atoms with E-state index in [-0.39, 0.29) is 12.8 Å². The smallest absolute Gasteiger partial charge is 0.326 e. The van der Waals surface area contributed by atoms with Crippen LogP contribution in [-0.4, -0.2) is 76.6 Å². The number of carboxylic acid groups (broad SMARTS) is 1. The average Bonchev–Trinajstić information content (AvgIpc) is 3.16. The number of primary amides is 1. The molecule has 0 bridgehead atoms. The first-order valence-electron chi connectivity index (χ1n) is 9.36. The van der Waals surface area contributed by atoms with Gasteiger partial charge in [-0.2, -0.15) is 0 Å². The molecule has 12 heteroatoms. The van der Waals surface area contributed by atoms with Crippen LogP contribution in [0.4, 0.5) is 0 Å². The summed E-state index contributed by atoms with van der Waals surface area (Å²) in [6, 6.07) is -4.24. The second-order valence-electron chi connectivity index (χ2n) is 7.01. The highest BCUT2D eigenvalue weighted by Crippen LogP contribution is 2.06. The van der Waals surface area contributed by atoms with Crippen molar-refractivity contribution < 1.29 is 34.2 Å². The van der Waals surface area contributed by atoms with Crippen LogP contribution >= 0.6 is 0 Å². The summed E-state index contributed by atoms with van der Waals surface area (Å²) in [7, 11) is 0. The first-order chi connectivity index (χ1) is 13.5. The summed E-state index contributed by atoms with van der Waals surface area (Å²) in [6.07, 6.45) is -0.221. The number of nitrogens with two attached hydrogens (primary N) is 1. The van der Waals surface area contributed by atoms with Gasteiger partial charge in [0.25, 0.3) is 0 Å². The van der Waals surface area contributed by atoms with Gasteiger partial charge >= 0.3 is 5.97 Å². The van der Waals surface area contributed by atoms with Gasteiger partial charge in [0, 0.05) is 6.42 Å². The van der Waals surface area contributed by atoms with Crippen molar-refractivity contribution in [2.75, 3.05) is 6.54 Å². The molecule has 1 rings (SSSR count). The summed E-state index contributed by atoms with van der Waals surface area (Å²) in [6.45, 7) is 3.32. The number of carbonyl (C=O) groups excluding carboxylic acids is 4. The number of nitrogens with one attached hydrogen (secondary N) is 4. The summed E-state index contributed by atoms with van der Waals surface area (Å²) in [5.74, 6) is -4.09. The number of hydrogen-bond donors (Lipinski definition) is 7. The first kappa shape index (κ1) is 24.3. The number of rotatable bonds is 11. The molecule has 29 heavy (non-hydrogen) atoms. The Morgan fingerprint density at radius 3 is 2.24 bits per heavy atom. The van der Waals surface area contributed by atoms with Gasteiger partial charge in [0.15, 0.2) is 0 Å². The highest BCUT2D eigenvalue weighted by molar-refractivity contribution is 5.94. The van der Waals surface area contributed by atoms with Gasteiger partial charge in [0.05, 0.1) is 12.1 Å². The topological polar surface area (TPSA) is 200 Å². The van der Waals surface area contributed by atoms with Crippen molar-refractivity contribution in [2.45, 2.75) is 69.8 Å². The molecule has 12 nitrogen and oxygen atoms in total. The Morgan fingerprint density at radius 2 is 1.76 bits per heavy atom. The molecule has 8 N–H and O–H groups in total. The fourth-order valence-corrected chi connectivity index (χ4v) is 2.78. The van der Waals surface area contributed by atoms with Crippen molar-refractivity contribution >= 4 is 29.6 Å². The van der Waals surface area contributed by atoms with Crippen LogP contribution in [0.5, 0.6) is 0 Å². The molecule has 1 aliphatic rings. The number of hydrogen-bond acceptors (Lipinski definition) is 7. The molecule has 0 aromatic carbocycles. The molecular formula is C17H29N5O7. The van der Waals surface area contributed by atoms with E-state index < -0.39 is 59.9 Å². The second-order valence-corrected chi connectivity index (χ2v) is 7.01. The summed E-state index contributed by atoms with van der Waals surface area (Å²) in [5.41, 5.74) is 4.98. The Labute approximate surface area is 168 Å². The maximum absolute atomic E-state index is 12.4. The lowest BCUT2D eigenvalue weighted by Crippen LogP contribution is -2.59. The van der Waals surface area contributed by atoms with Gasteiger partial charge in [0.2, 0.25) is 23.6 Å². The maximum Gasteiger partial charge on any atom is 0.326 e. The van der Waals surface area contributed by atoms with Crippen molar-refractivity contribution in [3.8, 4) is 0 Å². The molecule has 0 aromatic heterocycles. The second kappa shape index (κ2) is 11.3. The lowest BCUT2D eigenvalue weighted by Gasteiger charge is -2.25. The van der Waals surface area contributed by atoms with E-state index in [4.69, 9.17) is 10.8 Å². The van der Waals surface area contributed by atoms with Crippen LogP contribution in [0.2, 0.25) is 0 Å². The van der Waals surface area contributed by atoms with Crippen LogP contribution in [0.3, 0.4) is 0 Å². The third kappa shape index (κ3) is 8.03. The molecule has 1 fully saturated rings.